The van der Waals surface area contributed by atoms with E-state index in [1.165, 1.54) is 6.42 Å². The van der Waals surface area contributed by atoms with Crippen molar-refractivity contribution in [3.63, 3.8) is 0 Å². The maximum absolute atomic E-state index is 10.3. The van der Waals surface area contributed by atoms with Crippen molar-refractivity contribution in [1.82, 2.24) is 4.90 Å². The van der Waals surface area contributed by atoms with Crippen LogP contribution < -0.4 is 0 Å². The van der Waals surface area contributed by atoms with Crippen molar-refractivity contribution < 1.29 is 5.11 Å². The largest absolute Gasteiger partial charge is 0.385 e. The smallest absolute Gasteiger partial charge is 0.0864 e. The Labute approximate surface area is 87.6 Å². The van der Waals surface area contributed by atoms with Gasteiger partial charge in [-0.05, 0) is 51.3 Å². The highest BCUT2D eigenvalue weighted by Crippen LogP contribution is 2.28. The normalized spacial score (nSPS) is 29.9. The zero-order chi connectivity index (χ0) is 10.6. The summed E-state index contributed by atoms with van der Waals surface area (Å²) >= 11 is 0. The van der Waals surface area contributed by atoms with E-state index in [2.05, 4.69) is 18.4 Å². The van der Waals surface area contributed by atoms with Gasteiger partial charge in [-0.1, -0.05) is 13.5 Å². The second kappa shape index (κ2) is 4.94. The molecule has 0 aromatic heterocycles. The van der Waals surface area contributed by atoms with E-state index in [0.29, 0.717) is 0 Å². The van der Waals surface area contributed by atoms with Crippen LogP contribution in [0.1, 0.15) is 39.5 Å². The molecule has 0 aromatic rings. The van der Waals surface area contributed by atoms with Gasteiger partial charge in [-0.25, -0.2) is 0 Å². The molecule has 0 bridgehead atoms. The summed E-state index contributed by atoms with van der Waals surface area (Å²) in [6.45, 7) is 11.3. The second-order valence-electron chi connectivity index (χ2n) is 4.51. The van der Waals surface area contributed by atoms with E-state index >= 15 is 0 Å². The summed E-state index contributed by atoms with van der Waals surface area (Å²) in [5.74, 6) is 0. The van der Waals surface area contributed by atoms with Gasteiger partial charge in [0.25, 0.3) is 0 Å². The first-order chi connectivity index (χ1) is 6.58. The molecular weight excluding hydrogens is 174 g/mol. The third-order valence-corrected chi connectivity index (χ3v) is 3.24. The van der Waals surface area contributed by atoms with Gasteiger partial charge in [0.05, 0.1) is 5.60 Å². The van der Waals surface area contributed by atoms with Gasteiger partial charge >= 0.3 is 0 Å². The van der Waals surface area contributed by atoms with Crippen LogP contribution in [0.15, 0.2) is 12.2 Å². The number of nitrogens with zero attached hydrogens (tertiary/aromatic N) is 1. The molecule has 1 fully saturated rings. The van der Waals surface area contributed by atoms with Crippen LogP contribution in [0, 0.1) is 0 Å². The molecule has 0 aromatic carbocycles. The number of rotatable bonds is 3. The standard InChI is InChI=1S/C12H23NO/c1-4-8-13-9-5-6-12(14,7-10-13)11(2)3/h14H,2,4-10H2,1,3H3. The Morgan fingerprint density at radius 3 is 2.71 bits per heavy atom. The summed E-state index contributed by atoms with van der Waals surface area (Å²) in [7, 11) is 0. The Balaban J connectivity index is 2.52. The third-order valence-electron chi connectivity index (χ3n) is 3.24. The first-order valence-electron chi connectivity index (χ1n) is 5.69. The lowest BCUT2D eigenvalue weighted by atomic mass is 9.88. The predicted octanol–water partition coefficient (Wildman–Crippen LogP) is 2.19. The fourth-order valence-corrected chi connectivity index (χ4v) is 2.14. The Kier molecular flexibility index (Phi) is 4.14. The molecule has 1 N–H and O–H groups in total. The molecule has 1 heterocycles. The minimum Gasteiger partial charge on any atom is -0.385 e. The van der Waals surface area contributed by atoms with Crippen molar-refractivity contribution in [2.75, 3.05) is 19.6 Å². The minimum absolute atomic E-state index is 0.595. The Bertz CT molecular complexity index is 202. The van der Waals surface area contributed by atoms with Gasteiger partial charge in [0.2, 0.25) is 0 Å². The maximum Gasteiger partial charge on any atom is 0.0864 e. The van der Waals surface area contributed by atoms with Gasteiger partial charge in [-0.2, -0.15) is 0 Å². The van der Waals surface area contributed by atoms with E-state index in [4.69, 9.17) is 0 Å². The predicted molar refractivity (Wildman–Crippen MR) is 60.3 cm³/mol. The molecule has 1 atom stereocenters. The fraction of sp³-hybridized carbons (Fsp3) is 0.833. The maximum atomic E-state index is 10.3. The van der Waals surface area contributed by atoms with Crippen molar-refractivity contribution in [3.8, 4) is 0 Å². The zero-order valence-electron chi connectivity index (χ0n) is 9.55. The number of aliphatic hydroxyl groups is 1. The molecule has 0 spiro atoms. The third kappa shape index (κ3) is 2.82. The minimum atomic E-state index is -0.595. The highest BCUT2D eigenvalue weighted by molar-refractivity contribution is 5.10. The van der Waals surface area contributed by atoms with Gasteiger partial charge in [0, 0.05) is 6.54 Å². The molecular formula is C12H23NO. The SMILES string of the molecule is C=C(C)C1(O)CCCN(CCC)CC1. The fourth-order valence-electron chi connectivity index (χ4n) is 2.14. The number of likely N-dealkylation sites (tertiary alicyclic amines) is 1. The summed E-state index contributed by atoms with van der Waals surface area (Å²) < 4.78 is 0. The van der Waals surface area contributed by atoms with Gasteiger partial charge in [-0.15, -0.1) is 0 Å². The monoisotopic (exact) mass is 197 g/mol. The van der Waals surface area contributed by atoms with Crippen LogP contribution in [0.4, 0.5) is 0 Å². The van der Waals surface area contributed by atoms with Crippen LogP contribution in [0.25, 0.3) is 0 Å². The van der Waals surface area contributed by atoms with E-state index in [-0.39, 0.29) is 0 Å². The van der Waals surface area contributed by atoms with Gasteiger partial charge < -0.3 is 10.0 Å². The van der Waals surface area contributed by atoms with E-state index < -0.39 is 5.60 Å². The topological polar surface area (TPSA) is 23.5 Å². The molecule has 2 heteroatoms. The van der Waals surface area contributed by atoms with E-state index in [1.54, 1.807) is 0 Å². The molecule has 1 unspecified atom stereocenters. The van der Waals surface area contributed by atoms with Gasteiger partial charge in [0.1, 0.15) is 0 Å². The molecule has 0 amide bonds. The van der Waals surface area contributed by atoms with Crippen LogP contribution in [0.5, 0.6) is 0 Å². The lowest BCUT2D eigenvalue weighted by molar-refractivity contribution is 0.0628. The molecule has 1 aliphatic rings. The molecule has 14 heavy (non-hydrogen) atoms. The average Bonchev–Trinajstić information content (AvgIpc) is 2.30. The van der Waals surface area contributed by atoms with Crippen LogP contribution in [0.2, 0.25) is 0 Å². The molecule has 1 saturated heterocycles. The molecule has 0 saturated carbocycles. The van der Waals surface area contributed by atoms with Crippen LogP contribution in [0.3, 0.4) is 0 Å². The Hall–Kier alpha value is -0.340. The summed E-state index contributed by atoms with van der Waals surface area (Å²) in [4.78, 5) is 2.45. The summed E-state index contributed by atoms with van der Waals surface area (Å²) in [5.41, 5.74) is 0.332. The highest BCUT2D eigenvalue weighted by atomic mass is 16.3. The average molecular weight is 197 g/mol. The van der Waals surface area contributed by atoms with E-state index in [1.807, 2.05) is 6.92 Å². The number of hydrogen-bond donors (Lipinski definition) is 1. The molecule has 1 aliphatic heterocycles. The number of hydrogen-bond acceptors (Lipinski definition) is 2. The Morgan fingerprint density at radius 1 is 1.43 bits per heavy atom. The molecule has 0 radical (unpaired) electrons. The van der Waals surface area contributed by atoms with E-state index in [0.717, 1.165) is 44.5 Å². The molecule has 1 rings (SSSR count). The van der Waals surface area contributed by atoms with Gasteiger partial charge in [-0.3, -0.25) is 0 Å². The van der Waals surface area contributed by atoms with Crippen molar-refractivity contribution in [3.05, 3.63) is 12.2 Å². The van der Waals surface area contributed by atoms with Crippen LogP contribution in [-0.4, -0.2) is 35.2 Å². The lowest BCUT2D eigenvalue weighted by Gasteiger charge is -2.27. The molecule has 2 nitrogen and oxygen atoms in total. The second-order valence-corrected chi connectivity index (χ2v) is 4.51. The summed E-state index contributed by atoms with van der Waals surface area (Å²) in [6, 6.07) is 0. The summed E-state index contributed by atoms with van der Waals surface area (Å²) in [5, 5.41) is 10.3. The molecule has 0 aliphatic carbocycles. The van der Waals surface area contributed by atoms with E-state index in [9.17, 15) is 5.11 Å². The van der Waals surface area contributed by atoms with Crippen molar-refractivity contribution in [2.45, 2.75) is 45.1 Å². The van der Waals surface area contributed by atoms with Gasteiger partial charge in [0.15, 0.2) is 0 Å². The quantitative estimate of drug-likeness (QED) is 0.701. The van der Waals surface area contributed by atoms with Crippen molar-refractivity contribution in [1.29, 1.82) is 0 Å². The highest BCUT2D eigenvalue weighted by Gasteiger charge is 2.30. The summed E-state index contributed by atoms with van der Waals surface area (Å²) in [6.07, 6.45) is 4.01. The first kappa shape index (κ1) is 11.7. The lowest BCUT2D eigenvalue weighted by Crippen LogP contribution is -2.32. The van der Waals surface area contributed by atoms with Crippen LogP contribution in [-0.2, 0) is 0 Å². The first-order valence-corrected chi connectivity index (χ1v) is 5.69. The van der Waals surface area contributed by atoms with Crippen molar-refractivity contribution in [2.24, 2.45) is 0 Å². The zero-order valence-corrected chi connectivity index (χ0v) is 9.55. The van der Waals surface area contributed by atoms with Crippen LogP contribution >= 0.6 is 0 Å². The Morgan fingerprint density at radius 2 is 2.14 bits per heavy atom. The van der Waals surface area contributed by atoms with Crippen molar-refractivity contribution >= 4 is 0 Å². The molecule has 82 valence electrons.